The Balaban J connectivity index is 2.29. The number of aromatic amines is 1. The normalized spacial score (nSPS) is 10.5. The number of nitrogens with zero attached hydrogens (tertiary/aromatic N) is 1. The average Bonchev–Trinajstić information content (AvgIpc) is 3.04. The first-order chi connectivity index (χ1) is 11.2. The summed E-state index contributed by atoms with van der Waals surface area (Å²) in [7, 11) is 0. The lowest BCUT2D eigenvalue weighted by Gasteiger charge is -2.03. The molecule has 0 unspecified atom stereocenters. The summed E-state index contributed by atoms with van der Waals surface area (Å²) in [4.78, 5) is 23.3. The molecule has 130 valence electrons. The molecule has 0 aliphatic heterocycles. The first-order valence-electron chi connectivity index (χ1n) is 6.96. The second-order valence-corrected chi connectivity index (χ2v) is 4.11. The van der Waals surface area contributed by atoms with Crippen LogP contribution in [0.1, 0.15) is 21.0 Å². The number of aliphatic hydroxyl groups excluding tert-OH is 2. The van der Waals surface area contributed by atoms with Crippen molar-refractivity contribution in [3.63, 3.8) is 0 Å². The van der Waals surface area contributed by atoms with Gasteiger partial charge in [-0.2, -0.15) is 5.10 Å². The molecule has 0 aromatic carbocycles. The third-order valence-corrected chi connectivity index (χ3v) is 2.40. The number of carbonyl (C=O) groups excluding carboxylic acids is 2. The lowest BCUT2D eigenvalue weighted by molar-refractivity contribution is 0.0250. The van der Waals surface area contributed by atoms with Crippen LogP contribution >= 0.6 is 0 Å². The molecule has 3 N–H and O–H groups in total. The van der Waals surface area contributed by atoms with E-state index in [2.05, 4.69) is 10.2 Å². The Hall–Kier alpha value is -2.01. The van der Waals surface area contributed by atoms with Crippen LogP contribution in [0.15, 0.2) is 6.07 Å². The molecule has 1 heterocycles. The molecule has 1 rings (SSSR count). The van der Waals surface area contributed by atoms with Crippen molar-refractivity contribution in [3.05, 3.63) is 17.5 Å². The van der Waals surface area contributed by atoms with Gasteiger partial charge in [0.05, 0.1) is 39.6 Å². The summed E-state index contributed by atoms with van der Waals surface area (Å²) in [6, 6.07) is 1.22. The molecule has 0 aliphatic rings. The number of rotatable bonds is 12. The Bertz CT molecular complexity index is 436. The van der Waals surface area contributed by atoms with Crippen LogP contribution in [-0.4, -0.2) is 85.2 Å². The summed E-state index contributed by atoms with van der Waals surface area (Å²) < 4.78 is 19.6. The number of H-pyrrole nitrogens is 1. The summed E-state index contributed by atoms with van der Waals surface area (Å²) in [5.74, 6) is -1.39. The zero-order valence-electron chi connectivity index (χ0n) is 12.5. The van der Waals surface area contributed by atoms with Crippen LogP contribution in [0.3, 0.4) is 0 Å². The minimum atomic E-state index is -0.709. The van der Waals surface area contributed by atoms with Crippen molar-refractivity contribution in [1.29, 1.82) is 0 Å². The van der Waals surface area contributed by atoms with Gasteiger partial charge in [0.25, 0.3) is 0 Å². The Kier molecular flexibility index (Phi) is 9.55. The van der Waals surface area contributed by atoms with Crippen LogP contribution in [-0.2, 0) is 18.9 Å². The number of esters is 2. The molecule has 0 saturated carbocycles. The predicted octanol–water partition coefficient (Wildman–Crippen LogP) is -1.26. The van der Waals surface area contributed by atoms with Crippen molar-refractivity contribution >= 4 is 11.9 Å². The highest BCUT2D eigenvalue weighted by molar-refractivity contribution is 5.92. The maximum atomic E-state index is 11.7. The van der Waals surface area contributed by atoms with Gasteiger partial charge in [-0.1, -0.05) is 0 Å². The topological polar surface area (TPSA) is 140 Å². The van der Waals surface area contributed by atoms with Crippen LogP contribution in [0.5, 0.6) is 0 Å². The zero-order chi connectivity index (χ0) is 16.9. The average molecular weight is 332 g/mol. The van der Waals surface area contributed by atoms with Gasteiger partial charge in [0.1, 0.15) is 18.9 Å². The van der Waals surface area contributed by atoms with Crippen molar-refractivity contribution in [3.8, 4) is 0 Å². The number of carbonyl (C=O) groups is 2. The summed E-state index contributed by atoms with van der Waals surface area (Å²) >= 11 is 0. The van der Waals surface area contributed by atoms with Gasteiger partial charge in [-0.15, -0.1) is 0 Å². The van der Waals surface area contributed by atoms with Gasteiger partial charge in [-0.05, 0) is 0 Å². The second kappa shape index (κ2) is 11.5. The van der Waals surface area contributed by atoms with E-state index in [0.29, 0.717) is 0 Å². The molecule has 10 heteroatoms. The Morgan fingerprint density at radius 2 is 1.48 bits per heavy atom. The lowest BCUT2D eigenvalue weighted by Crippen LogP contribution is -2.13. The van der Waals surface area contributed by atoms with Crippen molar-refractivity contribution in [2.75, 3.05) is 52.9 Å². The first kappa shape index (κ1) is 19.0. The molecule has 10 nitrogen and oxygen atoms in total. The van der Waals surface area contributed by atoms with Crippen molar-refractivity contribution < 1.29 is 38.7 Å². The Morgan fingerprint density at radius 1 is 0.913 bits per heavy atom. The highest BCUT2D eigenvalue weighted by Gasteiger charge is 2.16. The molecule has 0 fully saturated rings. The van der Waals surface area contributed by atoms with Gasteiger partial charge in [0, 0.05) is 6.07 Å². The van der Waals surface area contributed by atoms with E-state index in [1.165, 1.54) is 6.07 Å². The fraction of sp³-hybridized carbons (Fsp3) is 0.615. The number of hydrogen-bond donors (Lipinski definition) is 3. The Labute approximate surface area is 132 Å². The fourth-order valence-electron chi connectivity index (χ4n) is 1.40. The van der Waals surface area contributed by atoms with Gasteiger partial charge in [0.2, 0.25) is 0 Å². The second-order valence-electron chi connectivity index (χ2n) is 4.11. The number of ether oxygens (including phenoxy) is 4. The van der Waals surface area contributed by atoms with Crippen LogP contribution in [0, 0.1) is 0 Å². The largest absolute Gasteiger partial charge is 0.459 e. The molecule has 0 radical (unpaired) electrons. The summed E-state index contributed by atoms with van der Waals surface area (Å²) in [6.45, 7) is 0.447. The van der Waals surface area contributed by atoms with E-state index in [1.807, 2.05) is 0 Å². The Morgan fingerprint density at radius 3 is 2.04 bits per heavy atom. The van der Waals surface area contributed by atoms with E-state index in [-0.39, 0.29) is 64.2 Å². The molecule has 1 aromatic rings. The highest BCUT2D eigenvalue weighted by atomic mass is 16.6. The van der Waals surface area contributed by atoms with E-state index in [4.69, 9.17) is 29.2 Å². The van der Waals surface area contributed by atoms with Crippen molar-refractivity contribution in [1.82, 2.24) is 10.2 Å². The molecule has 0 aliphatic carbocycles. The van der Waals surface area contributed by atoms with Gasteiger partial charge in [-0.25, -0.2) is 9.59 Å². The number of aromatic nitrogens is 2. The predicted molar refractivity (Wildman–Crippen MR) is 75.0 cm³/mol. The molecule has 0 saturated heterocycles. The number of aliphatic hydroxyl groups is 2. The molecule has 23 heavy (non-hydrogen) atoms. The molecule has 1 aromatic heterocycles. The van der Waals surface area contributed by atoms with E-state index in [0.717, 1.165) is 0 Å². The lowest BCUT2D eigenvalue weighted by atomic mass is 10.3. The van der Waals surface area contributed by atoms with Crippen LogP contribution < -0.4 is 0 Å². The van der Waals surface area contributed by atoms with E-state index >= 15 is 0 Å². The number of hydrogen-bond acceptors (Lipinski definition) is 9. The fourth-order valence-corrected chi connectivity index (χ4v) is 1.40. The van der Waals surface area contributed by atoms with Gasteiger partial charge >= 0.3 is 11.9 Å². The minimum absolute atomic E-state index is 0.00761. The van der Waals surface area contributed by atoms with Gasteiger partial charge in [0.15, 0.2) is 5.69 Å². The maximum Gasteiger partial charge on any atom is 0.358 e. The van der Waals surface area contributed by atoms with E-state index in [1.54, 1.807) is 0 Å². The summed E-state index contributed by atoms with van der Waals surface area (Å²) in [6.07, 6.45) is 0. The molecule has 0 bridgehead atoms. The first-order valence-corrected chi connectivity index (χ1v) is 6.96. The van der Waals surface area contributed by atoms with Crippen molar-refractivity contribution in [2.45, 2.75) is 0 Å². The smallest absolute Gasteiger partial charge is 0.358 e. The molecular formula is C13H20N2O8. The molecule has 0 amide bonds. The zero-order valence-corrected chi connectivity index (χ0v) is 12.5. The van der Waals surface area contributed by atoms with E-state index in [9.17, 15) is 9.59 Å². The minimum Gasteiger partial charge on any atom is -0.459 e. The SMILES string of the molecule is O=C(OCCOCCO)c1cc(C(=O)OCCOCCO)[nH]n1. The van der Waals surface area contributed by atoms with Gasteiger partial charge < -0.3 is 29.2 Å². The standard InChI is InChI=1S/C13H20N2O8/c16-1-3-20-5-7-22-12(18)10-9-11(15-14-10)13(19)23-8-6-21-4-2-17/h9,16-17H,1-8H2,(H,14,15). The van der Waals surface area contributed by atoms with E-state index < -0.39 is 11.9 Å². The highest BCUT2D eigenvalue weighted by Crippen LogP contribution is 2.03. The quantitative estimate of drug-likeness (QED) is 0.316. The third kappa shape index (κ3) is 7.70. The van der Waals surface area contributed by atoms with Crippen LogP contribution in [0.4, 0.5) is 0 Å². The monoisotopic (exact) mass is 332 g/mol. The summed E-state index contributed by atoms with van der Waals surface area (Å²) in [5.41, 5.74) is -0.0497. The molecular weight excluding hydrogens is 312 g/mol. The maximum absolute atomic E-state index is 11.7. The van der Waals surface area contributed by atoms with Gasteiger partial charge in [-0.3, -0.25) is 5.10 Å². The molecule has 0 spiro atoms. The van der Waals surface area contributed by atoms with Crippen LogP contribution in [0.25, 0.3) is 0 Å². The third-order valence-electron chi connectivity index (χ3n) is 2.40. The summed E-state index contributed by atoms with van der Waals surface area (Å²) in [5, 5.41) is 23.0. The number of nitrogens with one attached hydrogen (secondary N) is 1. The molecule has 0 atom stereocenters. The van der Waals surface area contributed by atoms with Crippen molar-refractivity contribution in [2.24, 2.45) is 0 Å². The van der Waals surface area contributed by atoms with Crippen LogP contribution in [0.2, 0.25) is 0 Å².